The van der Waals surface area contributed by atoms with E-state index in [0.717, 1.165) is 0 Å². The molecule has 0 fully saturated rings. The van der Waals surface area contributed by atoms with Gasteiger partial charge in [0, 0.05) is 363 Å². The van der Waals surface area contributed by atoms with E-state index in [9.17, 15) is 0 Å². The van der Waals surface area contributed by atoms with Crippen LogP contribution in [0.1, 0.15) is 0 Å². The molecule has 0 saturated heterocycles. The zero-order valence-corrected chi connectivity index (χ0v) is 95.4. The summed E-state index contributed by atoms with van der Waals surface area (Å²) in [5.74, 6) is 0. The minimum Gasteiger partial charge on any atom is -0.0835 e. The third-order valence-corrected chi connectivity index (χ3v) is 221. The summed E-state index contributed by atoms with van der Waals surface area (Å²) in [4.78, 5) is 0. The molecule has 0 nitrogen and oxygen atoms in total. The molecule has 0 rings (SSSR count). The number of hydrogen-bond acceptors (Lipinski definition) is 0. The van der Waals surface area contributed by atoms with Crippen LogP contribution in [0, 0.1) is 0 Å². The molecular formula is HP71. The zero-order valence-electron chi connectivity index (χ0n) is 31.8. The molecule has 0 saturated carbocycles. The van der Waals surface area contributed by atoms with Gasteiger partial charge in [0.25, 0.3) is 0 Å². The minimum atomic E-state index is 1.21. The molecule has 0 radical (unpaired) electrons. The second-order valence-electron chi connectivity index (χ2n) is 6.18. The van der Waals surface area contributed by atoms with Gasteiger partial charge in [0.05, 0.1) is 0 Å². The van der Waals surface area contributed by atoms with Gasteiger partial charge in [-0.15, -0.1) is 0 Å². The Labute approximate surface area is 529 Å². The van der Waals surface area contributed by atoms with Crippen molar-refractivity contribution in [3.63, 3.8) is 0 Å². The Bertz CT molecular complexity index is 2540. The molecule has 0 spiro atoms. The van der Waals surface area contributed by atoms with Crippen LogP contribution >= 0.6 is 538 Å². The normalized spacial score (nSPS) is 15.5. The third-order valence-electron chi connectivity index (χ3n) is 2.72. The van der Waals surface area contributed by atoms with Crippen LogP contribution < -0.4 is 0 Å². The first kappa shape index (κ1) is 92.6. The summed E-state index contributed by atoms with van der Waals surface area (Å²) in [7, 11) is 116. The van der Waals surface area contributed by atoms with Crippen molar-refractivity contribution in [1.82, 2.24) is 0 Å². The summed E-state index contributed by atoms with van der Waals surface area (Å²) in [6.45, 7) is 1.21. The number of hydrogen-bond donors (Lipinski definition) is 0. The fourth-order valence-corrected chi connectivity index (χ4v) is 292. The van der Waals surface area contributed by atoms with Gasteiger partial charge in [0.2, 0.25) is 0 Å². The predicted molar refractivity (Wildman–Crippen MR) is 493 cm³/mol. The van der Waals surface area contributed by atoms with E-state index < -0.39 is 0 Å². The molecule has 0 aromatic heterocycles. The Hall–Kier alpha value is 21.6. The molecule has 0 aliphatic heterocycles. The first-order chi connectivity index (χ1) is 35.4. The van der Waals surface area contributed by atoms with Crippen LogP contribution in [0.5, 0.6) is 0 Å². The van der Waals surface area contributed by atoms with Crippen molar-refractivity contribution in [2.24, 2.45) is 0 Å². The fourth-order valence-electron chi connectivity index (χ4n) is 1.20. The van der Waals surface area contributed by atoms with E-state index in [0.29, 0.717) is 0 Å². The summed E-state index contributed by atoms with van der Waals surface area (Å²) in [6, 6.07) is 0. The first-order valence-electron chi connectivity index (χ1n) is 14.0. The zero-order chi connectivity index (χ0) is 50.8. The van der Waals surface area contributed by atoms with Gasteiger partial charge in [0.15, 0.2) is 0 Å². The molecule has 0 atom stereocenters. The van der Waals surface area contributed by atoms with Gasteiger partial charge in [-0.25, -0.2) is 0 Å². The van der Waals surface area contributed by atoms with E-state index in [1.54, 1.807) is 476 Å². The molecule has 356 valence electrons. The summed E-state index contributed by atoms with van der Waals surface area (Å²) in [5.41, 5.74) is 0. The van der Waals surface area contributed by atoms with E-state index in [1.807, 2.05) is 0 Å². The van der Waals surface area contributed by atoms with E-state index in [-0.39, 0.29) is 0 Å². The second-order valence-corrected chi connectivity index (χ2v) is 167. The first-order valence-corrected chi connectivity index (χ1v) is 126. The van der Waals surface area contributed by atoms with Gasteiger partial charge in [-0.05, 0) is 60.4 Å². The average Bonchev–Trinajstić information content (AvgIpc) is 3.38. The van der Waals surface area contributed by atoms with Crippen molar-refractivity contribution in [3.8, 4) is 0 Å². The van der Waals surface area contributed by atoms with Crippen LogP contribution in [0.2, 0.25) is 0 Å². The smallest absolute Gasteiger partial charge is 0.0835 e. The van der Waals surface area contributed by atoms with Gasteiger partial charge >= 0.3 is 106 Å². The SMILES string of the molecule is P#P=P\P=P/P=P\P=P/P=P\P=P/P=P\P=P/P=P\P=P/P=P\P=P/P=P\P=P/P=P\P=P/P=P\P=P/P=P\P=P/P=P\P=P/P=P\P=P/P=P\P=P/P=P\P=P/P=P\P=P/P=P\P=P/P=P\P=P/P=P. The monoisotopic (exact) mass is 2200 g/mol. The van der Waals surface area contributed by atoms with Crippen molar-refractivity contribution in [1.29, 1.82) is 0 Å². The fraction of sp³-hybridized carbons (Fsp3) is 0. The molecule has 0 amide bonds. The van der Waals surface area contributed by atoms with Crippen LogP contribution in [-0.4, -0.2) is 0 Å². The van der Waals surface area contributed by atoms with Crippen LogP contribution in [-0.2, 0) is 0 Å². The molecule has 0 bridgehead atoms. The molecule has 0 aliphatic rings. The van der Waals surface area contributed by atoms with Gasteiger partial charge in [-0.3, -0.25) is 0 Å². The molecule has 0 aromatic carbocycles. The van der Waals surface area contributed by atoms with Gasteiger partial charge in [-0.2, -0.15) is 0 Å². The van der Waals surface area contributed by atoms with Crippen molar-refractivity contribution in [2.45, 2.75) is 0 Å². The summed E-state index contributed by atoms with van der Waals surface area (Å²) in [5, 5.41) is 0. The molecule has 0 N–H and O–H groups in total. The van der Waals surface area contributed by atoms with E-state index in [4.69, 9.17) is 0 Å². The maximum absolute atomic E-state index is 4.24. The van der Waals surface area contributed by atoms with Crippen LogP contribution in [0.3, 0.4) is 0 Å². The van der Waals surface area contributed by atoms with Crippen molar-refractivity contribution < 1.29 is 0 Å². The standard InChI is InChI=1S/HP71/c1-3-5-7-9-11-13-15-17-19-21-23-25-27-29-31-33-35-37-39-41-43-45-47-49-51-53-55-57-59-61-63-65-67-69-71-70-68-66-64-62-60-58-56-54-52-50-48-46-44-42-40-38-36-34-32-30-28-26-24-22-20-18-16-14-12-10-8-6-4-2/h1H. The average molecular weight is 2200 g/mol. The third kappa shape index (κ3) is 91.6. The van der Waals surface area contributed by atoms with Gasteiger partial charge in [0.1, 0.15) is 0 Å². The predicted octanol–water partition coefficient (Wildman–Crippen LogP) is 60.9. The Morgan fingerprint density at radius 1 is 0.113 bits per heavy atom. The Morgan fingerprint density at radius 2 is 0.183 bits per heavy atom. The topological polar surface area (TPSA) is 0 Å². The van der Waals surface area contributed by atoms with Crippen molar-refractivity contribution in [3.05, 3.63) is 0 Å². The summed E-state index contributed by atoms with van der Waals surface area (Å²) >= 11 is 0. The second kappa shape index (κ2) is 91.6. The maximum atomic E-state index is 4.24. The molecule has 0 aromatic rings. The molecule has 71 heteroatoms. The Balaban J connectivity index is 4.10. The molecular weight excluding hydrogens is 2200 g/mol. The van der Waals surface area contributed by atoms with Crippen molar-refractivity contribution >= 4 is 538 Å². The van der Waals surface area contributed by atoms with E-state index in [1.165, 1.54) is 44.8 Å². The Morgan fingerprint density at radius 3 is 0.254 bits per heavy atom. The molecule has 0 heterocycles. The Kier molecular flexibility index (Phi) is 119. The van der Waals surface area contributed by atoms with Gasteiger partial charge in [-0.1, -0.05) is 8.53 Å². The van der Waals surface area contributed by atoms with Crippen molar-refractivity contribution in [2.75, 3.05) is 0 Å². The van der Waals surface area contributed by atoms with Crippen LogP contribution in [0.4, 0.5) is 0 Å². The molecule has 0 unspecified atom stereocenters. The minimum absolute atomic E-state index is 1.21. The molecule has 71 heavy (non-hydrogen) atoms. The van der Waals surface area contributed by atoms with Crippen LogP contribution in [0.25, 0.3) is 0 Å². The summed E-state index contributed by atoms with van der Waals surface area (Å²) < 4.78 is 0. The molecule has 0 aliphatic carbocycles. The quantitative estimate of drug-likeness (QED) is 0.0564. The summed E-state index contributed by atoms with van der Waals surface area (Å²) in [6.07, 6.45) is 0. The van der Waals surface area contributed by atoms with Gasteiger partial charge < -0.3 is 0 Å². The van der Waals surface area contributed by atoms with Crippen LogP contribution in [0.15, 0.2) is 0 Å². The van der Waals surface area contributed by atoms with E-state index >= 15 is 0 Å². The van der Waals surface area contributed by atoms with E-state index in [2.05, 4.69) is 16.9 Å². The number of rotatable bonds is 34.